The predicted molar refractivity (Wildman–Crippen MR) is 170 cm³/mol. The van der Waals surface area contributed by atoms with Crippen LogP contribution < -0.4 is 15.1 Å². The second-order valence-electron chi connectivity index (χ2n) is 11.6. The number of piperidine rings is 1. The number of nitrogens with zero attached hydrogens (tertiary/aromatic N) is 4. The summed E-state index contributed by atoms with van der Waals surface area (Å²) in [4.78, 5) is 9.26. The van der Waals surface area contributed by atoms with Crippen molar-refractivity contribution in [1.82, 2.24) is 14.9 Å². The number of pyridine rings is 1. The molecule has 0 saturated carbocycles. The van der Waals surface area contributed by atoms with Gasteiger partial charge >= 0.3 is 0 Å². The smallest absolute Gasteiger partial charge is 0.174 e. The molecule has 4 heterocycles. The largest absolute Gasteiger partial charge is 0.370 e. The molecular formula is C33H35ClFN5S. The first-order chi connectivity index (χ1) is 19.7. The number of rotatable bonds is 5. The van der Waals surface area contributed by atoms with Crippen LogP contribution in [0, 0.1) is 31.5 Å². The summed E-state index contributed by atoms with van der Waals surface area (Å²) >= 11 is 13.0. The number of halogens is 2. The minimum atomic E-state index is -0.263. The molecule has 0 radical (unpaired) electrons. The molecule has 212 valence electrons. The van der Waals surface area contributed by atoms with Crippen LogP contribution >= 0.6 is 23.8 Å². The van der Waals surface area contributed by atoms with Crippen LogP contribution in [0.3, 0.4) is 0 Å². The summed E-state index contributed by atoms with van der Waals surface area (Å²) in [7, 11) is 0. The van der Waals surface area contributed by atoms with Gasteiger partial charge in [-0.25, -0.2) is 4.39 Å². The highest BCUT2D eigenvalue weighted by Gasteiger charge is 2.42. The van der Waals surface area contributed by atoms with E-state index in [0.717, 1.165) is 57.8 Å². The zero-order valence-corrected chi connectivity index (χ0v) is 25.4. The fourth-order valence-electron chi connectivity index (χ4n) is 6.81. The molecule has 41 heavy (non-hydrogen) atoms. The van der Waals surface area contributed by atoms with Crippen LogP contribution in [-0.2, 0) is 0 Å². The van der Waals surface area contributed by atoms with Crippen molar-refractivity contribution in [3.05, 3.63) is 106 Å². The van der Waals surface area contributed by atoms with Gasteiger partial charge in [0.15, 0.2) is 5.11 Å². The zero-order chi connectivity index (χ0) is 28.8. The number of nitrogens with one attached hydrogen (secondary N) is 1. The van der Waals surface area contributed by atoms with E-state index >= 15 is 0 Å². The molecule has 2 aromatic heterocycles. The molecule has 4 atom stereocenters. The Morgan fingerprint density at radius 3 is 2.41 bits per heavy atom. The van der Waals surface area contributed by atoms with Crippen LogP contribution in [-0.4, -0.2) is 27.8 Å². The highest BCUT2D eigenvalue weighted by molar-refractivity contribution is 7.80. The van der Waals surface area contributed by atoms with Crippen molar-refractivity contribution < 1.29 is 4.39 Å². The minimum Gasteiger partial charge on any atom is -0.370 e. The summed E-state index contributed by atoms with van der Waals surface area (Å²) in [6, 6.07) is 20.7. The van der Waals surface area contributed by atoms with Gasteiger partial charge in [0.2, 0.25) is 0 Å². The first-order valence-electron chi connectivity index (χ1n) is 14.2. The summed E-state index contributed by atoms with van der Waals surface area (Å²) in [5.74, 6) is 0.990. The third-order valence-electron chi connectivity index (χ3n) is 8.37. The molecular weight excluding hydrogens is 553 g/mol. The molecule has 0 bridgehead atoms. The van der Waals surface area contributed by atoms with Gasteiger partial charge in [0.25, 0.3) is 0 Å². The molecule has 5 nitrogen and oxygen atoms in total. The van der Waals surface area contributed by atoms with E-state index in [1.807, 2.05) is 36.5 Å². The molecule has 4 aromatic rings. The highest BCUT2D eigenvalue weighted by Crippen LogP contribution is 2.45. The van der Waals surface area contributed by atoms with Crippen molar-refractivity contribution in [2.24, 2.45) is 11.8 Å². The summed E-state index contributed by atoms with van der Waals surface area (Å²) in [6.45, 7) is 10.8. The van der Waals surface area contributed by atoms with Crippen LogP contribution in [0.15, 0.2) is 72.9 Å². The van der Waals surface area contributed by atoms with Gasteiger partial charge in [0, 0.05) is 42.0 Å². The molecule has 0 aliphatic carbocycles. The maximum Gasteiger partial charge on any atom is 0.174 e. The van der Waals surface area contributed by atoms with E-state index in [1.165, 1.54) is 12.5 Å². The van der Waals surface area contributed by atoms with Crippen LogP contribution in [0.25, 0.3) is 5.69 Å². The van der Waals surface area contributed by atoms with Crippen molar-refractivity contribution in [3.8, 4) is 5.69 Å². The molecule has 2 fully saturated rings. The average Bonchev–Trinajstić information content (AvgIpc) is 3.43. The minimum absolute atomic E-state index is 0.188. The van der Waals surface area contributed by atoms with E-state index in [2.05, 4.69) is 65.6 Å². The highest BCUT2D eigenvalue weighted by atomic mass is 35.5. The number of hydrogen-bond donors (Lipinski definition) is 1. The number of thiocarbonyl (C=S) groups is 1. The normalized spacial score (nSPS) is 22.7. The van der Waals surface area contributed by atoms with E-state index in [-0.39, 0.29) is 17.9 Å². The molecule has 6 rings (SSSR count). The lowest BCUT2D eigenvalue weighted by Gasteiger charge is -2.37. The van der Waals surface area contributed by atoms with Crippen molar-refractivity contribution in [3.63, 3.8) is 0 Å². The van der Waals surface area contributed by atoms with Gasteiger partial charge in [-0.1, -0.05) is 37.6 Å². The maximum atomic E-state index is 14.2. The Labute approximate surface area is 252 Å². The van der Waals surface area contributed by atoms with Gasteiger partial charge in [-0.15, -0.1) is 0 Å². The van der Waals surface area contributed by atoms with E-state index in [4.69, 9.17) is 28.8 Å². The van der Waals surface area contributed by atoms with Gasteiger partial charge in [0.05, 0.1) is 28.5 Å². The number of aromatic nitrogens is 2. The topological polar surface area (TPSA) is 36.3 Å². The van der Waals surface area contributed by atoms with Crippen molar-refractivity contribution in [1.29, 1.82) is 0 Å². The Morgan fingerprint density at radius 1 is 0.951 bits per heavy atom. The molecule has 0 amide bonds. The van der Waals surface area contributed by atoms with Crippen LogP contribution in [0.1, 0.15) is 55.0 Å². The molecule has 0 spiro atoms. The van der Waals surface area contributed by atoms with Crippen LogP contribution in [0.4, 0.5) is 15.8 Å². The first-order valence-corrected chi connectivity index (χ1v) is 15.0. The Kier molecular flexibility index (Phi) is 7.51. The fraction of sp³-hybridized carbons (Fsp3) is 0.333. The van der Waals surface area contributed by atoms with E-state index in [9.17, 15) is 4.39 Å². The molecule has 2 aliphatic rings. The number of hydrogen-bond acceptors (Lipinski definition) is 3. The van der Waals surface area contributed by atoms with Crippen LogP contribution in [0.2, 0.25) is 5.02 Å². The van der Waals surface area contributed by atoms with Crippen molar-refractivity contribution >= 4 is 40.3 Å². The molecule has 2 saturated heterocycles. The third kappa shape index (κ3) is 5.22. The van der Waals surface area contributed by atoms with Gasteiger partial charge in [-0.05, 0) is 104 Å². The van der Waals surface area contributed by atoms with Crippen LogP contribution in [0.5, 0.6) is 0 Å². The lowest BCUT2D eigenvalue weighted by atomic mass is 9.91. The number of anilines is 2. The van der Waals surface area contributed by atoms with E-state index in [0.29, 0.717) is 16.9 Å². The third-order valence-corrected chi connectivity index (χ3v) is 8.99. The summed E-state index contributed by atoms with van der Waals surface area (Å²) in [5.41, 5.74) is 6.81. The monoisotopic (exact) mass is 587 g/mol. The lowest BCUT2D eigenvalue weighted by molar-refractivity contribution is 0.357. The van der Waals surface area contributed by atoms with Crippen molar-refractivity contribution in [2.75, 3.05) is 22.9 Å². The Balaban J connectivity index is 1.44. The van der Waals surface area contributed by atoms with Crippen molar-refractivity contribution in [2.45, 2.75) is 46.2 Å². The molecule has 2 aliphatic heterocycles. The molecule has 8 heteroatoms. The number of aryl methyl sites for hydroxylation is 1. The molecule has 0 unspecified atom stereocenters. The Bertz CT molecular complexity index is 1580. The first kappa shape index (κ1) is 27.7. The quantitative estimate of drug-likeness (QED) is 0.240. The standard InChI is InChI=1S/C33H35ClFN5S/c1-20-14-21(2)19-38(18-20)30-12-11-26(17-28(30)34)40-32(31(37-33(40)41)29-10-5-6-13-36-29)27-15-22(3)39(23(27)4)25-9-7-8-24(35)16-25/h5-13,15-17,20-21,31-32H,14,18-19H2,1-4H3,(H,37,41)/t20-,21+,31-,32+/m0/s1. The second kappa shape index (κ2) is 11.1. The molecule has 2 aromatic carbocycles. The average molecular weight is 588 g/mol. The van der Waals surface area contributed by atoms with Gasteiger partial charge in [0.1, 0.15) is 5.82 Å². The number of benzene rings is 2. The predicted octanol–water partition coefficient (Wildman–Crippen LogP) is 7.94. The molecule has 1 N–H and O–H groups in total. The zero-order valence-electron chi connectivity index (χ0n) is 23.8. The Hall–Kier alpha value is -3.42. The fourth-order valence-corrected chi connectivity index (χ4v) is 7.45. The summed E-state index contributed by atoms with van der Waals surface area (Å²) in [6.07, 6.45) is 3.05. The van der Waals surface area contributed by atoms with Gasteiger partial charge in [-0.2, -0.15) is 0 Å². The lowest BCUT2D eigenvalue weighted by Crippen LogP contribution is -2.38. The van der Waals surface area contributed by atoms with E-state index < -0.39 is 0 Å². The van der Waals surface area contributed by atoms with Gasteiger partial charge < -0.3 is 19.7 Å². The SMILES string of the molecule is Cc1cc([C@@H]2[C@H](c3ccccn3)NC(=S)N2c2ccc(N3C[C@H](C)C[C@H](C)C3)c(Cl)c2)c(C)n1-c1cccc(F)c1. The second-order valence-corrected chi connectivity index (χ2v) is 12.4. The van der Waals surface area contributed by atoms with E-state index in [1.54, 1.807) is 12.1 Å². The summed E-state index contributed by atoms with van der Waals surface area (Å²) in [5, 5.41) is 4.89. The van der Waals surface area contributed by atoms with Gasteiger partial charge in [-0.3, -0.25) is 4.98 Å². The summed E-state index contributed by atoms with van der Waals surface area (Å²) < 4.78 is 16.3. The maximum absolute atomic E-state index is 14.2. The Morgan fingerprint density at radius 2 is 1.73 bits per heavy atom.